The number of hydrogen-bond acceptors (Lipinski definition) is 4. The summed E-state index contributed by atoms with van der Waals surface area (Å²) in [5.41, 5.74) is 1.90. The number of nitrogens with one attached hydrogen (secondary N) is 1. The van der Waals surface area contributed by atoms with Gasteiger partial charge in [-0.3, -0.25) is 4.79 Å². The van der Waals surface area contributed by atoms with E-state index in [1.54, 1.807) is 0 Å². The van der Waals surface area contributed by atoms with Gasteiger partial charge in [0.15, 0.2) is 5.13 Å². The fraction of sp³-hybridized carbons (Fsp3) is 0.125. The van der Waals surface area contributed by atoms with Gasteiger partial charge in [0.25, 0.3) is 0 Å². The van der Waals surface area contributed by atoms with Crippen molar-refractivity contribution in [2.24, 2.45) is 0 Å². The Labute approximate surface area is 141 Å². The van der Waals surface area contributed by atoms with E-state index in [0.717, 1.165) is 20.7 Å². The first-order chi connectivity index (χ1) is 10.6. The number of aryl methyl sites for hydroxylation is 1. The highest BCUT2D eigenvalue weighted by atomic mass is 35.5. The van der Waals surface area contributed by atoms with Gasteiger partial charge in [0, 0.05) is 4.90 Å². The van der Waals surface area contributed by atoms with Crippen molar-refractivity contribution in [2.75, 3.05) is 11.1 Å². The third kappa shape index (κ3) is 3.43. The normalized spacial score (nSPS) is 10.8. The minimum Gasteiger partial charge on any atom is -0.301 e. The summed E-state index contributed by atoms with van der Waals surface area (Å²) in [6.45, 7) is 1.98. The first kappa shape index (κ1) is 15.3. The van der Waals surface area contributed by atoms with E-state index in [2.05, 4.69) is 10.3 Å². The molecule has 0 aliphatic rings. The summed E-state index contributed by atoms with van der Waals surface area (Å²) in [6.07, 6.45) is 0. The molecule has 0 unspecified atom stereocenters. The molecule has 0 atom stereocenters. The predicted octanol–water partition coefficient (Wildman–Crippen LogP) is 4.99. The predicted molar refractivity (Wildman–Crippen MR) is 95.2 cm³/mol. The quantitative estimate of drug-likeness (QED) is 0.675. The number of thioether (sulfide) groups is 1. The van der Waals surface area contributed by atoms with Crippen molar-refractivity contribution in [2.45, 2.75) is 11.8 Å². The van der Waals surface area contributed by atoms with Crippen LogP contribution < -0.4 is 5.32 Å². The average Bonchev–Trinajstić information content (AvgIpc) is 2.95. The number of carbonyl (C=O) groups excluding carboxylic acids is 1. The summed E-state index contributed by atoms with van der Waals surface area (Å²) in [5.74, 6) is 0.286. The second-order valence-corrected chi connectivity index (χ2v) is 7.17. The Morgan fingerprint density at radius 1 is 1.27 bits per heavy atom. The molecule has 1 aromatic heterocycles. The number of anilines is 1. The van der Waals surface area contributed by atoms with Crippen molar-refractivity contribution in [3.05, 3.63) is 53.1 Å². The Kier molecular flexibility index (Phi) is 4.66. The van der Waals surface area contributed by atoms with Crippen LogP contribution in [0.15, 0.2) is 47.4 Å². The first-order valence-electron chi connectivity index (χ1n) is 6.67. The van der Waals surface area contributed by atoms with E-state index in [0.29, 0.717) is 15.9 Å². The number of rotatable bonds is 4. The SMILES string of the molecule is Cc1ccc(Cl)c2sc(NC(=O)CSc3ccccc3)nc12. The first-order valence-corrected chi connectivity index (χ1v) is 8.85. The van der Waals surface area contributed by atoms with E-state index in [-0.39, 0.29) is 5.91 Å². The number of halogens is 1. The number of fused-ring (bicyclic) bond motifs is 1. The minimum atomic E-state index is -0.0679. The van der Waals surface area contributed by atoms with E-state index in [9.17, 15) is 4.79 Å². The second-order valence-electron chi connectivity index (χ2n) is 4.71. The highest BCUT2D eigenvalue weighted by molar-refractivity contribution is 8.00. The highest BCUT2D eigenvalue weighted by Crippen LogP contribution is 2.33. The van der Waals surface area contributed by atoms with Crippen molar-refractivity contribution >= 4 is 56.0 Å². The third-order valence-corrected chi connectivity index (χ3v) is 5.50. The monoisotopic (exact) mass is 348 g/mol. The van der Waals surface area contributed by atoms with E-state index in [1.165, 1.54) is 23.1 Å². The summed E-state index contributed by atoms with van der Waals surface area (Å²) in [7, 11) is 0. The van der Waals surface area contributed by atoms with Gasteiger partial charge in [-0.15, -0.1) is 11.8 Å². The Hall–Kier alpha value is -1.56. The molecular formula is C16H13ClN2OS2. The number of benzene rings is 2. The molecule has 0 fully saturated rings. The topological polar surface area (TPSA) is 42.0 Å². The molecular weight excluding hydrogens is 336 g/mol. The molecule has 1 N–H and O–H groups in total. The van der Waals surface area contributed by atoms with Gasteiger partial charge in [-0.05, 0) is 30.7 Å². The Morgan fingerprint density at radius 2 is 2.05 bits per heavy atom. The maximum atomic E-state index is 12.0. The van der Waals surface area contributed by atoms with Crippen LogP contribution in [0.25, 0.3) is 10.2 Å². The number of carbonyl (C=O) groups is 1. The number of nitrogens with zero attached hydrogens (tertiary/aromatic N) is 1. The summed E-state index contributed by atoms with van der Waals surface area (Å²) in [5, 5.41) is 4.10. The van der Waals surface area contributed by atoms with E-state index in [1.807, 2.05) is 49.4 Å². The summed E-state index contributed by atoms with van der Waals surface area (Å²) in [4.78, 5) is 17.6. The largest absolute Gasteiger partial charge is 0.301 e. The molecule has 3 nitrogen and oxygen atoms in total. The van der Waals surface area contributed by atoms with Crippen LogP contribution in [0.5, 0.6) is 0 Å². The van der Waals surface area contributed by atoms with Crippen LogP contribution >= 0.6 is 34.7 Å². The van der Waals surface area contributed by atoms with Crippen molar-refractivity contribution < 1.29 is 4.79 Å². The van der Waals surface area contributed by atoms with Crippen molar-refractivity contribution in [1.82, 2.24) is 4.98 Å². The molecule has 3 rings (SSSR count). The van der Waals surface area contributed by atoms with Crippen LogP contribution in [0.4, 0.5) is 5.13 Å². The Bertz CT molecular complexity index is 779. The third-order valence-electron chi connectivity index (χ3n) is 3.06. The second kappa shape index (κ2) is 6.69. The maximum absolute atomic E-state index is 12.0. The van der Waals surface area contributed by atoms with Crippen LogP contribution in [0, 0.1) is 6.92 Å². The molecule has 0 spiro atoms. The van der Waals surface area contributed by atoms with Crippen LogP contribution in [0.3, 0.4) is 0 Å². The van der Waals surface area contributed by atoms with Crippen LogP contribution in [0.1, 0.15) is 5.56 Å². The van der Waals surface area contributed by atoms with Crippen LogP contribution in [-0.2, 0) is 4.79 Å². The smallest absolute Gasteiger partial charge is 0.236 e. The lowest BCUT2D eigenvalue weighted by Crippen LogP contribution is -2.13. The zero-order chi connectivity index (χ0) is 15.5. The number of thiazole rings is 1. The van der Waals surface area contributed by atoms with Gasteiger partial charge < -0.3 is 5.32 Å². The molecule has 0 saturated carbocycles. The van der Waals surface area contributed by atoms with Crippen molar-refractivity contribution in [3.8, 4) is 0 Å². The maximum Gasteiger partial charge on any atom is 0.236 e. The zero-order valence-electron chi connectivity index (χ0n) is 11.8. The Balaban J connectivity index is 1.69. The van der Waals surface area contributed by atoms with Gasteiger partial charge in [-0.1, -0.05) is 47.2 Å². The van der Waals surface area contributed by atoms with Crippen LogP contribution in [0.2, 0.25) is 5.02 Å². The lowest BCUT2D eigenvalue weighted by Gasteiger charge is -2.01. The van der Waals surface area contributed by atoms with Gasteiger partial charge in [0.05, 0.1) is 21.0 Å². The molecule has 0 aliphatic carbocycles. The van der Waals surface area contributed by atoms with E-state index in [4.69, 9.17) is 11.6 Å². The van der Waals surface area contributed by atoms with E-state index >= 15 is 0 Å². The molecule has 6 heteroatoms. The molecule has 1 heterocycles. The lowest BCUT2D eigenvalue weighted by atomic mass is 10.2. The van der Waals surface area contributed by atoms with Gasteiger partial charge in [0.1, 0.15) is 0 Å². The number of hydrogen-bond donors (Lipinski definition) is 1. The van der Waals surface area contributed by atoms with Crippen molar-refractivity contribution in [1.29, 1.82) is 0 Å². The summed E-state index contributed by atoms with van der Waals surface area (Å²) in [6, 6.07) is 13.6. The lowest BCUT2D eigenvalue weighted by molar-refractivity contribution is -0.113. The van der Waals surface area contributed by atoms with Gasteiger partial charge in [-0.2, -0.15) is 0 Å². The summed E-state index contributed by atoms with van der Waals surface area (Å²) >= 11 is 9.08. The van der Waals surface area contributed by atoms with Gasteiger partial charge in [0.2, 0.25) is 5.91 Å². The highest BCUT2D eigenvalue weighted by Gasteiger charge is 2.12. The molecule has 1 amide bonds. The fourth-order valence-electron chi connectivity index (χ4n) is 1.98. The molecule has 22 heavy (non-hydrogen) atoms. The Morgan fingerprint density at radius 3 is 2.77 bits per heavy atom. The molecule has 0 saturated heterocycles. The summed E-state index contributed by atoms with van der Waals surface area (Å²) < 4.78 is 0.910. The van der Waals surface area contributed by atoms with E-state index < -0.39 is 0 Å². The zero-order valence-corrected chi connectivity index (χ0v) is 14.2. The molecule has 2 aromatic carbocycles. The van der Waals surface area contributed by atoms with Crippen LogP contribution in [-0.4, -0.2) is 16.6 Å². The fourth-order valence-corrected chi connectivity index (χ4v) is 3.93. The molecule has 3 aromatic rings. The number of amides is 1. The van der Waals surface area contributed by atoms with Gasteiger partial charge in [-0.25, -0.2) is 4.98 Å². The molecule has 112 valence electrons. The molecule has 0 radical (unpaired) electrons. The van der Waals surface area contributed by atoms with Crippen molar-refractivity contribution in [3.63, 3.8) is 0 Å². The molecule has 0 bridgehead atoms. The number of aromatic nitrogens is 1. The standard InChI is InChI=1S/C16H13ClN2OS2/c1-10-7-8-12(17)15-14(10)19-16(22-15)18-13(20)9-21-11-5-3-2-4-6-11/h2-8H,9H2,1H3,(H,18,19,20). The van der Waals surface area contributed by atoms with Gasteiger partial charge >= 0.3 is 0 Å². The average molecular weight is 349 g/mol. The molecule has 0 aliphatic heterocycles. The minimum absolute atomic E-state index is 0.0679.